The van der Waals surface area contributed by atoms with E-state index >= 15 is 0 Å². The van der Waals surface area contributed by atoms with Gasteiger partial charge < -0.3 is 64.4 Å². The fraction of sp³-hybridized carbons (Fsp3) is 0.220. The Kier molecular flexibility index (Phi) is 27.7. The molecule has 5 N–H and O–H groups in total. The number of H-pyrrole nitrogens is 1. The number of aromatic nitrogens is 5. The number of nitrogens with zero attached hydrogens (tertiary/aromatic N) is 10. The van der Waals surface area contributed by atoms with Crippen LogP contribution >= 0.6 is 11.3 Å². The Morgan fingerprint density at radius 1 is 0.403 bits per heavy atom. The second-order valence-electron chi connectivity index (χ2n) is 31.8. The van der Waals surface area contributed by atoms with Gasteiger partial charge in [0.1, 0.15) is 33.8 Å². The standard InChI is InChI=1S/C35H37N5O3S2.C33H34N4.C32H38N6O4/c1-22-19-26(20-23(2)32(22)36-24(3)41)35-37-33(34(44-35)25-13-15-28(16-14-25)39(4)5)30-18-17-29(40(6)7)21-31(30)45(42,43)38-27-11-9-8-10-12-27;1-22-20-27(21-23(2)30(22)24-10-8-7-9-11-24)33-34-31(25-12-16-28(17-13-25)36(3)4)32(35-33)26-14-18-29(19-15-26)37(5)6;1-19(39)33-26-18-24(37(5)6)14-15-25(26)29-31(21-10-12-23(13-11-21)36(3)4)38(7)32(35-29)22-16-27(41-8)30(34-20(2)40)28(17-22)42-9/h8-21,38H,1-7H3,(H,36,41);7-21H,1-6H3,(H,34,35);10-18H,1-9H3,(H,33,39)(H,34,40). The van der Waals surface area contributed by atoms with Crippen LogP contribution in [-0.2, 0) is 31.5 Å². The smallest absolute Gasteiger partial charge is 0.262 e. The van der Waals surface area contributed by atoms with Crippen LogP contribution in [-0.4, -0.2) is 149 Å². The van der Waals surface area contributed by atoms with E-state index < -0.39 is 10.0 Å². The van der Waals surface area contributed by atoms with E-state index in [2.05, 4.69) is 193 Å². The fourth-order valence-corrected chi connectivity index (χ4v) is 17.2. The van der Waals surface area contributed by atoms with Crippen LogP contribution in [0.1, 0.15) is 43.0 Å². The Morgan fingerprint density at radius 3 is 1.32 bits per heavy atom. The van der Waals surface area contributed by atoms with Crippen molar-refractivity contribution in [3.63, 3.8) is 0 Å². The maximum absolute atomic E-state index is 14.0. The lowest BCUT2D eigenvalue weighted by Crippen LogP contribution is -2.16. The first-order valence-electron chi connectivity index (χ1n) is 40.5. The molecule has 0 unspecified atom stereocenters. The number of ether oxygens (including phenoxy) is 2. The van der Waals surface area contributed by atoms with Gasteiger partial charge in [-0.3, -0.25) is 19.1 Å². The van der Waals surface area contributed by atoms with Crippen LogP contribution in [0.15, 0.2) is 235 Å². The van der Waals surface area contributed by atoms with Gasteiger partial charge in [0.05, 0.1) is 58.1 Å². The first-order valence-corrected chi connectivity index (χ1v) is 42.8. The molecule has 14 aromatic rings. The number of anilines is 10. The Morgan fingerprint density at radius 2 is 0.839 bits per heavy atom. The summed E-state index contributed by atoms with van der Waals surface area (Å²) in [5, 5.41) is 9.46. The van der Waals surface area contributed by atoms with E-state index in [4.69, 9.17) is 24.4 Å². The van der Waals surface area contributed by atoms with Crippen LogP contribution in [0, 0.1) is 27.7 Å². The molecule has 3 amide bonds. The van der Waals surface area contributed by atoms with E-state index in [9.17, 15) is 22.8 Å². The predicted octanol–water partition coefficient (Wildman–Crippen LogP) is 21.0. The Bertz CT molecular complexity index is 6180. The minimum Gasteiger partial charge on any atom is -0.494 e. The lowest BCUT2D eigenvalue weighted by Gasteiger charge is -2.18. The van der Waals surface area contributed by atoms with Gasteiger partial charge in [0.15, 0.2) is 0 Å². The van der Waals surface area contributed by atoms with Crippen molar-refractivity contribution < 1.29 is 32.3 Å². The summed E-state index contributed by atoms with van der Waals surface area (Å²) in [6.07, 6.45) is 0. The number of aromatic amines is 1. The number of para-hydroxylation sites is 1. The summed E-state index contributed by atoms with van der Waals surface area (Å²) in [7, 11) is 24.9. The number of thiazole rings is 1. The van der Waals surface area contributed by atoms with Crippen molar-refractivity contribution in [3.8, 4) is 123 Å². The molecular formula is C100H109N15O7S2. The molecule has 22 nitrogen and oxygen atoms in total. The summed E-state index contributed by atoms with van der Waals surface area (Å²) >= 11 is 1.51. The molecular weight excluding hydrogens is 1590 g/mol. The zero-order valence-corrected chi connectivity index (χ0v) is 76.2. The molecule has 0 aliphatic heterocycles. The molecule has 14 rings (SSSR count). The number of hydrogen-bond donors (Lipinski definition) is 5. The molecule has 638 valence electrons. The normalized spacial score (nSPS) is 11.0. The molecule has 0 fully saturated rings. The lowest BCUT2D eigenvalue weighted by atomic mass is 9.93. The number of imidazole rings is 2. The van der Waals surface area contributed by atoms with E-state index in [0.717, 1.165) is 117 Å². The number of benzene rings is 11. The van der Waals surface area contributed by atoms with Gasteiger partial charge in [-0.15, -0.1) is 11.3 Å². The number of carbonyl (C=O) groups is 3. The molecule has 24 heteroatoms. The Labute approximate surface area is 732 Å². The molecule has 0 atom stereocenters. The van der Waals surface area contributed by atoms with Gasteiger partial charge in [0, 0.05) is 202 Å². The number of amides is 3. The van der Waals surface area contributed by atoms with Crippen molar-refractivity contribution in [2.45, 2.75) is 53.4 Å². The average molecular weight is 1700 g/mol. The van der Waals surface area contributed by atoms with Crippen LogP contribution in [0.3, 0.4) is 0 Å². The third kappa shape index (κ3) is 20.3. The number of sulfonamides is 1. The molecule has 0 saturated carbocycles. The summed E-state index contributed by atoms with van der Waals surface area (Å²) in [6, 6.07) is 76.6. The number of rotatable bonds is 24. The molecule has 11 aromatic carbocycles. The third-order valence-electron chi connectivity index (χ3n) is 21.2. The number of aryl methyl sites for hydroxylation is 4. The number of nitrogens with one attached hydrogen (secondary N) is 5. The molecule has 0 radical (unpaired) electrons. The maximum Gasteiger partial charge on any atom is 0.262 e. The van der Waals surface area contributed by atoms with Crippen LogP contribution in [0.5, 0.6) is 11.5 Å². The summed E-state index contributed by atoms with van der Waals surface area (Å²) in [5.74, 6) is 1.85. The molecule has 3 heterocycles. The van der Waals surface area contributed by atoms with Gasteiger partial charge in [-0.05, 0) is 200 Å². The first kappa shape index (κ1) is 89.3. The van der Waals surface area contributed by atoms with E-state index in [1.165, 1.54) is 80.0 Å². The molecule has 124 heavy (non-hydrogen) atoms. The molecule has 3 aromatic heterocycles. The van der Waals surface area contributed by atoms with Gasteiger partial charge >= 0.3 is 0 Å². The monoisotopic (exact) mass is 1700 g/mol. The fourth-order valence-electron chi connectivity index (χ4n) is 14.9. The summed E-state index contributed by atoms with van der Waals surface area (Å²) in [5.41, 5.74) is 27.5. The van der Waals surface area contributed by atoms with Gasteiger partial charge in [0.25, 0.3) is 10.0 Å². The number of methoxy groups -OCH3 is 2. The van der Waals surface area contributed by atoms with Crippen LogP contribution < -0.4 is 59.5 Å². The molecule has 0 saturated heterocycles. The number of hydrogen-bond acceptors (Lipinski definition) is 17. The van der Waals surface area contributed by atoms with Gasteiger partial charge in [-0.25, -0.2) is 23.4 Å². The SMILES string of the molecule is CC(=O)Nc1c(C)cc(-c2nc(-c3ccc(N(C)C)cc3S(=O)(=O)Nc3ccccc3)c(-c3ccc(N(C)C)cc3)s2)cc1C.COc1cc(-c2nc(-c3ccc(N(C)C)cc3NC(C)=O)c(-c3ccc(N(C)C)cc3)n2C)cc(OC)c1NC(C)=O.Cc1cc(-c2nc(-c3ccc(N(C)C)cc3)c(-c3ccc(N(C)C)cc3)[nH]2)cc(C)c1-c1ccccc1. The number of carbonyl (C=O) groups excluding carboxylic acids is 3. The van der Waals surface area contributed by atoms with Gasteiger partial charge in [-0.2, -0.15) is 0 Å². The Balaban J connectivity index is 0.000000170. The second-order valence-corrected chi connectivity index (χ2v) is 34.4. The highest BCUT2D eigenvalue weighted by atomic mass is 32.2. The van der Waals surface area contributed by atoms with E-state index in [-0.39, 0.29) is 22.6 Å². The minimum absolute atomic E-state index is 0.132. The average Bonchev–Trinajstić information content (AvgIpc) is 1.60. The topological polar surface area (TPSA) is 231 Å². The summed E-state index contributed by atoms with van der Waals surface area (Å²) < 4.78 is 44.1. The maximum atomic E-state index is 14.0. The van der Waals surface area contributed by atoms with E-state index in [1.54, 1.807) is 30.3 Å². The summed E-state index contributed by atoms with van der Waals surface area (Å²) in [6.45, 7) is 12.7. The highest BCUT2D eigenvalue weighted by Gasteiger charge is 2.29. The zero-order chi connectivity index (χ0) is 89.3. The summed E-state index contributed by atoms with van der Waals surface area (Å²) in [4.78, 5) is 68.2. The largest absolute Gasteiger partial charge is 0.494 e. The predicted molar refractivity (Wildman–Crippen MR) is 516 cm³/mol. The lowest BCUT2D eigenvalue weighted by molar-refractivity contribution is -0.115. The van der Waals surface area contributed by atoms with Gasteiger partial charge in [0.2, 0.25) is 17.7 Å². The van der Waals surface area contributed by atoms with Gasteiger partial charge in [-0.1, -0.05) is 97.1 Å². The highest BCUT2D eigenvalue weighted by Crippen LogP contribution is 2.48. The zero-order valence-electron chi connectivity index (χ0n) is 74.6. The minimum atomic E-state index is -4.01. The van der Waals surface area contributed by atoms with Crippen LogP contribution in [0.4, 0.5) is 56.9 Å². The molecule has 0 aliphatic carbocycles. The van der Waals surface area contributed by atoms with Crippen molar-refractivity contribution in [2.24, 2.45) is 7.05 Å². The highest BCUT2D eigenvalue weighted by molar-refractivity contribution is 7.92. The third-order valence-corrected chi connectivity index (χ3v) is 23.8. The van der Waals surface area contributed by atoms with Crippen molar-refractivity contribution in [2.75, 3.05) is 149 Å². The quantitative estimate of drug-likeness (QED) is 0.0379. The van der Waals surface area contributed by atoms with Crippen LogP contribution in [0.2, 0.25) is 0 Å². The van der Waals surface area contributed by atoms with E-state index in [0.29, 0.717) is 51.3 Å². The van der Waals surface area contributed by atoms with Crippen molar-refractivity contribution in [1.29, 1.82) is 0 Å². The molecule has 0 aliphatic rings. The van der Waals surface area contributed by atoms with Crippen molar-refractivity contribution >= 4 is 96.0 Å². The second kappa shape index (κ2) is 38.4. The van der Waals surface area contributed by atoms with Crippen molar-refractivity contribution in [3.05, 3.63) is 253 Å². The molecule has 0 spiro atoms. The van der Waals surface area contributed by atoms with Crippen molar-refractivity contribution in [1.82, 2.24) is 24.5 Å². The first-order chi connectivity index (χ1) is 59.1. The van der Waals surface area contributed by atoms with E-state index in [1.807, 2.05) is 186 Å². The van der Waals surface area contributed by atoms with Crippen LogP contribution in [0.25, 0.3) is 111 Å². The Hall–Kier alpha value is -14.0. The molecule has 0 bridgehead atoms.